The Morgan fingerprint density at radius 1 is 1.05 bits per heavy atom. The Hall–Kier alpha value is -4.73. The lowest BCUT2D eigenvalue weighted by Crippen LogP contribution is -2.33. The quantitative estimate of drug-likeness (QED) is 0.424. The Labute approximate surface area is 225 Å². The third kappa shape index (κ3) is 4.69. The zero-order valence-electron chi connectivity index (χ0n) is 22.0. The highest BCUT2D eigenvalue weighted by molar-refractivity contribution is 6.03. The number of hydroxylamine groups is 2. The van der Waals surface area contributed by atoms with Gasteiger partial charge in [-0.3, -0.25) is 9.59 Å². The van der Waals surface area contributed by atoms with Crippen molar-refractivity contribution in [1.29, 1.82) is 0 Å². The van der Waals surface area contributed by atoms with Crippen LogP contribution in [0.15, 0.2) is 60.4 Å². The van der Waals surface area contributed by atoms with E-state index in [0.717, 1.165) is 23.0 Å². The van der Waals surface area contributed by atoms with E-state index in [1.54, 1.807) is 6.07 Å². The molecule has 2 amide bonds. The van der Waals surface area contributed by atoms with Crippen LogP contribution >= 0.6 is 0 Å². The first-order valence-corrected chi connectivity index (χ1v) is 12.4. The number of anilines is 1. The minimum atomic E-state index is -1.48. The predicted molar refractivity (Wildman–Crippen MR) is 138 cm³/mol. The van der Waals surface area contributed by atoms with Crippen LogP contribution in [0.4, 0.5) is 5.69 Å². The average Bonchev–Trinajstić information content (AvgIpc) is 3.22. The van der Waals surface area contributed by atoms with Crippen LogP contribution in [0, 0.1) is 5.92 Å². The van der Waals surface area contributed by atoms with Crippen molar-refractivity contribution in [3.8, 4) is 5.75 Å². The van der Waals surface area contributed by atoms with Crippen molar-refractivity contribution in [2.75, 3.05) is 33.1 Å². The highest BCUT2D eigenvalue weighted by Gasteiger charge is 2.39. The second-order valence-electron chi connectivity index (χ2n) is 10.00. The molecular weight excluding hydrogens is 502 g/mol. The lowest BCUT2D eigenvalue weighted by atomic mass is 9.74. The number of allylic oxidation sites excluding steroid dienone is 3. The smallest absolute Gasteiger partial charge is 0.363 e. The van der Waals surface area contributed by atoms with E-state index in [1.807, 2.05) is 74.1 Å². The molecule has 2 aromatic rings. The monoisotopic (exact) mass is 529 g/mol. The van der Waals surface area contributed by atoms with Gasteiger partial charge in [0.25, 0.3) is 11.8 Å². The maximum atomic E-state index is 12.7. The van der Waals surface area contributed by atoms with Gasteiger partial charge in [0.1, 0.15) is 25.6 Å². The van der Waals surface area contributed by atoms with Gasteiger partial charge >= 0.3 is 5.97 Å². The number of hydrogen-bond donors (Lipinski definition) is 0. The summed E-state index contributed by atoms with van der Waals surface area (Å²) in [5.74, 6) is -3.26. The first-order chi connectivity index (χ1) is 18.5. The van der Waals surface area contributed by atoms with Crippen LogP contribution < -0.4 is 14.7 Å². The number of benzene rings is 2. The van der Waals surface area contributed by atoms with E-state index >= 15 is 0 Å². The number of carboxylic acids is 1. The first-order valence-electron chi connectivity index (χ1n) is 12.4. The molecule has 0 radical (unpaired) electrons. The summed E-state index contributed by atoms with van der Waals surface area (Å²) in [6.45, 7) is 0. The van der Waals surface area contributed by atoms with Crippen molar-refractivity contribution in [2.45, 2.75) is 18.8 Å². The van der Waals surface area contributed by atoms with Crippen LogP contribution in [0.1, 0.15) is 50.6 Å². The van der Waals surface area contributed by atoms with Crippen molar-refractivity contribution < 1.29 is 38.4 Å². The van der Waals surface area contributed by atoms with Crippen LogP contribution in [0.2, 0.25) is 0 Å². The normalized spacial score (nSPS) is 19.6. The van der Waals surface area contributed by atoms with Crippen molar-refractivity contribution in [1.82, 2.24) is 5.06 Å². The number of rotatable bonds is 5. The van der Waals surface area contributed by atoms with Gasteiger partial charge < -0.3 is 24.4 Å². The molecule has 0 aromatic heterocycles. The molecule has 1 fully saturated rings. The molecule has 0 saturated carbocycles. The number of ether oxygens (including phenoxy) is 1. The average molecular weight is 530 g/mol. The van der Waals surface area contributed by atoms with Crippen LogP contribution in [-0.4, -0.2) is 67.3 Å². The molecule has 0 spiro atoms. The number of nitrogens with zero attached hydrogens (tertiary/aromatic N) is 3. The molecule has 2 aromatic carbocycles. The van der Waals surface area contributed by atoms with E-state index < -0.39 is 29.7 Å². The van der Waals surface area contributed by atoms with Gasteiger partial charge in [0, 0.05) is 73.8 Å². The number of imide groups is 1. The largest absolute Gasteiger partial charge is 0.545 e. The number of hydrogen-bond acceptors (Lipinski definition) is 8. The lowest BCUT2D eigenvalue weighted by molar-refractivity contribution is -0.462. The molecule has 0 bridgehead atoms. The Morgan fingerprint density at radius 2 is 1.74 bits per heavy atom. The van der Waals surface area contributed by atoms with E-state index in [4.69, 9.17) is 9.57 Å². The predicted octanol–water partition coefficient (Wildman–Crippen LogP) is 1.64. The summed E-state index contributed by atoms with van der Waals surface area (Å²) in [6, 6.07) is 9.88. The summed E-state index contributed by atoms with van der Waals surface area (Å²) in [6.07, 6.45) is 5.76. The molecule has 39 heavy (non-hydrogen) atoms. The van der Waals surface area contributed by atoms with Crippen molar-refractivity contribution in [2.24, 2.45) is 5.92 Å². The molecule has 2 unspecified atom stereocenters. The zero-order valence-corrected chi connectivity index (χ0v) is 22.0. The van der Waals surface area contributed by atoms with Gasteiger partial charge in [0.05, 0.1) is 11.5 Å². The summed E-state index contributed by atoms with van der Waals surface area (Å²) in [7, 11) is 7.68. The molecule has 10 nitrogen and oxygen atoms in total. The summed E-state index contributed by atoms with van der Waals surface area (Å²) >= 11 is 0. The molecule has 10 heteroatoms. The van der Waals surface area contributed by atoms with Gasteiger partial charge in [-0.05, 0) is 23.8 Å². The van der Waals surface area contributed by atoms with E-state index in [-0.39, 0.29) is 29.9 Å². The number of carbonyl (C=O) groups is 4. The fraction of sp³-hybridized carbons (Fsp3) is 0.276. The van der Waals surface area contributed by atoms with Crippen molar-refractivity contribution in [3.63, 3.8) is 0 Å². The molecule has 0 N–H and O–H groups in total. The number of fused-ring (bicyclic) bond motifs is 2. The van der Waals surface area contributed by atoms with Gasteiger partial charge in [-0.15, -0.1) is 5.06 Å². The molecular formula is C29H27N3O7. The first kappa shape index (κ1) is 25.9. The van der Waals surface area contributed by atoms with Crippen molar-refractivity contribution in [3.05, 3.63) is 82.6 Å². The Morgan fingerprint density at radius 3 is 2.38 bits per heavy atom. The summed E-state index contributed by atoms with van der Waals surface area (Å²) in [5, 5.41) is 12.8. The van der Waals surface area contributed by atoms with E-state index in [2.05, 4.69) is 0 Å². The number of carboxylic acid groups (broad SMARTS) is 1. The van der Waals surface area contributed by atoms with Gasteiger partial charge in [-0.1, -0.05) is 18.2 Å². The number of aromatic carboxylic acids is 1. The van der Waals surface area contributed by atoms with Crippen LogP contribution in [0.25, 0.3) is 0 Å². The summed E-state index contributed by atoms with van der Waals surface area (Å²) < 4.78 is 8.30. The highest BCUT2D eigenvalue weighted by atomic mass is 16.7. The minimum Gasteiger partial charge on any atom is -0.545 e. The van der Waals surface area contributed by atoms with Gasteiger partial charge in [0.15, 0.2) is 0 Å². The van der Waals surface area contributed by atoms with Crippen LogP contribution in [0.5, 0.6) is 5.75 Å². The second-order valence-corrected chi connectivity index (χ2v) is 10.00. The summed E-state index contributed by atoms with van der Waals surface area (Å²) in [5.41, 5.74) is 2.73. The third-order valence-electron chi connectivity index (χ3n) is 7.07. The van der Waals surface area contributed by atoms with Crippen LogP contribution in [0.3, 0.4) is 0 Å². The SMILES string of the molecule is CN(C)c1ccc2c(c1)OC1=CC(=[N+](C)C)C=CC1C2c1ccc(C(=O)ON2C(=O)CCC2=O)cc1C(=O)[O-]. The molecule has 200 valence electrons. The van der Waals surface area contributed by atoms with Crippen molar-refractivity contribution >= 4 is 35.2 Å². The zero-order chi connectivity index (χ0) is 28.0. The Balaban J connectivity index is 1.60. The highest BCUT2D eigenvalue weighted by Crippen LogP contribution is 2.49. The third-order valence-corrected chi connectivity index (χ3v) is 7.07. The molecule has 1 saturated heterocycles. The van der Waals surface area contributed by atoms with E-state index in [1.165, 1.54) is 6.07 Å². The summed E-state index contributed by atoms with van der Waals surface area (Å²) in [4.78, 5) is 55.8. The van der Waals surface area contributed by atoms with E-state index in [0.29, 0.717) is 22.1 Å². The molecule has 2 atom stereocenters. The van der Waals surface area contributed by atoms with E-state index in [9.17, 15) is 24.3 Å². The fourth-order valence-corrected chi connectivity index (χ4v) is 4.99. The van der Waals surface area contributed by atoms with Gasteiger partial charge in [-0.25, -0.2) is 9.37 Å². The van der Waals surface area contributed by atoms with Gasteiger partial charge in [-0.2, -0.15) is 0 Å². The maximum absolute atomic E-state index is 12.7. The number of amides is 2. The molecule has 5 rings (SSSR count). The second kappa shape index (κ2) is 9.86. The number of carbonyl (C=O) groups excluding carboxylic acids is 4. The molecule has 3 aliphatic rings. The Bertz CT molecular complexity index is 1500. The Kier molecular flexibility index (Phi) is 6.55. The topological polar surface area (TPSA) is 119 Å². The minimum absolute atomic E-state index is 0.0498. The maximum Gasteiger partial charge on any atom is 0.363 e. The fourth-order valence-electron chi connectivity index (χ4n) is 4.99. The standard InChI is InChI=1S/C29H27N3O7/c1-30(2)17-6-9-20-23(14-17)38-24-15-18(31(3)4)7-10-21(24)27(20)19-8-5-16(13-22(19)28(35)36)29(37)39-32-25(33)11-12-26(32)34/h5-10,13-15,20,27H,11-12H2,1-4H3. The lowest BCUT2D eigenvalue weighted by Gasteiger charge is -2.36. The van der Waals surface area contributed by atoms with Gasteiger partial charge in [0.2, 0.25) is 5.71 Å². The molecule has 2 aliphatic heterocycles. The molecule has 2 heterocycles. The molecule has 1 aliphatic carbocycles. The van der Waals surface area contributed by atoms with Crippen LogP contribution in [-0.2, 0) is 14.4 Å².